The van der Waals surface area contributed by atoms with E-state index in [1.54, 1.807) is 13.0 Å². The number of nitrogens with zero attached hydrogens (tertiary/aromatic N) is 2. The molecule has 0 bridgehead atoms. The highest BCUT2D eigenvalue weighted by Crippen LogP contribution is 2.25. The third-order valence-electron chi connectivity index (χ3n) is 3.44. The van der Waals surface area contributed by atoms with Gasteiger partial charge in [-0.05, 0) is 30.7 Å². The van der Waals surface area contributed by atoms with E-state index < -0.39 is 0 Å². The lowest BCUT2D eigenvalue weighted by molar-refractivity contribution is -0.385. The molecular weight excluding hydrogens is 266 g/mol. The average Bonchev–Trinajstić information content (AvgIpc) is 2.46. The first-order valence-electron chi connectivity index (χ1n) is 6.73. The van der Waals surface area contributed by atoms with Crippen molar-refractivity contribution in [3.05, 3.63) is 63.7 Å². The summed E-state index contributed by atoms with van der Waals surface area (Å²) in [6.45, 7) is 2.39. The number of nitro groups is 1. The number of benzene rings is 2. The number of anilines is 2. The van der Waals surface area contributed by atoms with E-state index in [2.05, 4.69) is 29.6 Å². The van der Waals surface area contributed by atoms with Crippen LogP contribution in [0.15, 0.2) is 42.5 Å². The molecule has 0 aliphatic heterocycles. The fourth-order valence-electron chi connectivity index (χ4n) is 2.12. The van der Waals surface area contributed by atoms with Crippen molar-refractivity contribution in [2.75, 3.05) is 24.3 Å². The molecule has 2 aromatic carbocycles. The Bertz CT molecular complexity index is 636. The average molecular weight is 285 g/mol. The first kappa shape index (κ1) is 14.8. The highest BCUT2D eigenvalue weighted by Gasteiger charge is 2.12. The predicted octanol–water partition coefficient (Wildman–Crippen LogP) is 3.58. The molecule has 0 saturated carbocycles. The highest BCUT2D eigenvalue weighted by atomic mass is 16.6. The van der Waals surface area contributed by atoms with E-state index in [0.29, 0.717) is 12.1 Å². The molecule has 0 fully saturated rings. The molecule has 5 nitrogen and oxygen atoms in total. The van der Waals surface area contributed by atoms with Gasteiger partial charge in [-0.15, -0.1) is 0 Å². The van der Waals surface area contributed by atoms with Gasteiger partial charge in [0.15, 0.2) is 0 Å². The van der Waals surface area contributed by atoms with Crippen LogP contribution in [0.4, 0.5) is 17.1 Å². The molecule has 0 atom stereocenters. The standard InChI is InChI=1S/C16H19N3O2/c1-12-15(5-4-6-16(12)19(20)21)17-11-13-7-9-14(10-8-13)18(2)3/h4-10,17H,11H2,1-3H3. The quantitative estimate of drug-likeness (QED) is 0.674. The van der Waals surface area contributed by atoms with Gasteiger partial charge in [-0.1, -0.05) is 18.2 Å². The third-order valence-corrected chi connectivity index (χ3v) is 3.44. The molecule has 0 aliphatic rings. The van der Waals surface area contributed by atoms with Gasteiger partial charge in [-0.25, -0.2) is 0 Å². The fourth-order valence-corrected chi connectivity index (χ4v) is 2.12. The van der Waals surface area contributed by atoms with E-state index in [-0.39, 0.29) is 10.6 Å². The Morgan fingerprint density at radius 1 is 1.14 bits per heavy atom. The van der Waals surface area contributed by atoms with E-state index in [0.717, 1.165) is 16.9 Å². The zero-order valence-corrected chi connectivity index (χ0v) is 12.5. The summed E-state index contributed by atoms with van der Waals surface area (Å²) in [5.41, 5.74) is 3.87. The van der Waals surface area contributed by atoms with Crippen LogP contribution in [0.25, 0.3) is 0 Å². The molecule has 21 heavy (non-hydrogen) atoms. The molecule has 0 aliphatic carbocycles. The molecule has 2 rings (SSSR count). The molecule has 1 N–H and O–H groups in total. The number of nitro benzene ring substituents is 1. The normalized spacial score (nSPS) is 10.2. The molecular formula is C16H19N3O2. The number of hydrogen-bond donors (Lipinski definition) is 1. The van der Waals surface area contributed by atoms with E-state index in [4.69, 9.17) is 0 Å². The van der Waals surface area contributed by atoms with Crippen molar-refractivity contribution in [1.82, 2.24) is 0 Å². The monoisotopic (exact) mass is 285 g/mol. The van der Waals surface area contributed by atoms with Crippen molar-refractivity contribution in [2.24, 2.45) is 0 Å². The van der Waals surface area contributed by atoms with Crippen molar-refractivity contribution in [3.63, 3.8) is 0 Å². The SMILES string of the molecule is Cc1c(NCc2ccc(N(C)C)cc2)cccc1[N+](=O)[O-]. The Labute approximate surface area is 124 Å². The molecule has 0 amide bonds. The van der Waals surface area contributed by atoms with Gasteiger partial charge in [0, 0.05) is 43.6 Å². The molecule has 0 aromatic heterocycles. The zero-order chi connectivity index (χ0) is 15.4. The van der Waals surface area contributed by atoms with Crippen LogP contribution in [0.5, 0.6) is 0 Å². The first-order chi connectivity index (χ1) is 9.99. The summed E-state index contributed by atoms with van der Waals surface area (Å²) in [5, 5.41) is 14.2. The van der Waals surface area contributed by atoms with Crippen LogP contribution in [-0.2, 0) is 6.54 Å². The van der Waals surface area contributed by atoms with Crippen LogP contribution in [0.1, 0.15) is 11.1 Å². The summed E-state index contributed by atoms with van der Waals surface area (Å²) >= 11 is 0. The van der Waals surface area contributed by atoms with Gasteiger partial charge in [-0.2, -0.15) is 0 Å². The Kier molecular flexibility index (Phi) is 4.42. The van der Waals surface area contributed by atoms with Gasteiger partial charge in [0.05, 0.1) is 4.92 Å². The number of rotatable bonds is 5. The van der Waals surface area contributed by atoms with E-state index >= 15 is 0 Å². The molecule has 0 radical (unpaired) electrons. The minimum Gasteiger partial charge on any atom is -0.381 e. The summed E-state index contributed by atoms with van der Waals surface area (Å²) in [5.74, 6) is 0. The smallest absolute Gasteiger partial charge is 0.274 e. The van der Waals surface area contributed by atoms with Gasteiger partial charge in [0.2, 0.25) is 0 Å². The number of nitrogens with one attached hydrogen (secondary N) is 1. The summed E-state index contributed by atoms with van der Waals surface area (Å²) in [6, 6.07) is 13.3. The summed E-state index contributed by atoms with van der Waals surface area (Å²) in [7, 11) is 4.00. The topological polar surface area (TPSA) is 58.4 Å². The van der Waals surface area contributed by atoms with Crippen molar-refractivity contribution >= 4 is 17.1 Å². The van der Waals surface area contributed by atoms with Crippen LogP contribution in [0, 0.1) is 17.0 Å². The van der Waals surface area contributed by atoms with Crippen molar-refractivity contribution in [1.29, 1.82) is 0 Å². The minimum absolute atomic E-state index is 0.142. The third kappa shape index (κ3) is 3.51. The van der Waals surface area contributed by atoms with Crippen LogP contribution in [0.3, 0.4) is 0 Å². The molecule has 0 saturated heterocycles. The summed E-state index contributed by atoms with van der Waals surface area (Å²) in [4.78, 5) is 12.6. The minimum atomic E-state index is -0.355. The molecule has 0 unspecified atom stereocenters. The Hall–Kier alpha value is -2.56. The van der Waals surface area contributed by atoms with Gasteiger partial charge in [0.1, 0.15) is 0 Å². The van der Waals surface area contributed by atoms with Gasteiger partial charge in [0.25, 0.3) is 5.69 Å². The molecule has 0 spiro atoms. The zero-order valence-electron chi connectivity index (χ0n) is 12.5. The largest absolute Gasteiger partial charge is 0.381 e. The van der Waals surface area contributed by atoms with Gasteiger partial charge < -0.3 is 10.2 Å². The van der Waals surface area contributed by atoms with Gasteiger partial charge in [-0.3, -0.25) is 10.1 Å². The van der Waals surface area contributed by atoms with Crippen LogP contribution in [-0.4, -0.2) is 19.0 Å². The van der Waals surface area contributed by atoms with Crippen LogP contribution >= 0.6 is 0 Å². The lowest BCUT2D eigenvalue weighted by Crippen LogP contribution is -2.08. The lowest BCUT2D eigenvalue weighted by Gasteiger charge is -2.13. The van der Waals surface area contributed by atoms with Crippen LogP contribution in [0.2, 0.25) is 0 Å². The molecule has 2 aromatic rings. The number of hydrogen-bond acceptors (Lipinski definition) is 4. The first-order valence-corrected chi connectivity index (χ1v) is 6.73. The van der Waals surface area contributed by atoms with Crippen molar-refractivity contribution < 1.29 is 4.92 Å². The van der Waals surface area contributed by atoms with Crippen molar-refractivity contribution in [3.8, 4) is 0 Å². The molecule has 110 valence electrons. The maximum absolute atomic E-state index is 10.9. The summed E-state index contributed by atoms with van der Waals surface area (Å²) < 4.78 is 0. The van der Waals surface area contributed by atoms with Crippen molar-refractivity contribution in [2.45, 2.75) is 13.5 Å². The van der Waals surface area contributed by atoms with E-state index in [9.17, 15) is 10.1 Å². The second kappa shape index (κ2) is 6.26. The van der Waals surface area contributed by atoms with Gasteiger partial charge >= 0.3 is 0 Å². The van der Waals surface area contributed by atoms with E-state index in [1.807, 2.05) is 25.1 Å². The molecule has 0 heterocycles. The second-order valence-electron chi connectivity index (χ2n) is 5.12. The summed E-state index contributed by atoms with van der Waals surface area (Å²) in [6.07, 6.45) is 0. The second-order valence-corrected chi connectivity index (χ2v) is 5.12. The Morgan fingerprint density at radius 3 is 2.38 bits per heavy atom. The maximum atomic E-state index is 10.9. The maximum Gasteiger partial charge on any atom is 0.274 e. The Balaban J connectivity index is 2.09. The molecule has 5 heteroatoms. The fraction of sp³-hybridized carbons (Fsp3) is 0.250. The van der Waals surface area contributed by atoms with E-state index in [1.165, 1.54) is 6.07 Å². The predicted molar refractivity (Wildman–Crippen MR) is 85.9 cm³/mol. The Morgan fingerprint density at radius 2 is 1.81 bits per heavy atom. The highest BCUT2D eigenvalue weighted by molar-refractivity contribution is 5.60. The lowest BCUT2D eigenvalue weighted by atomic mass is 10.1. The van der Waals surface area contributed by atoms with Crippen LogP contribution < -0.4 is 10.2 Å².